The molecule has 10 heavy (non-hydrogen) atoms. The summed E-state index contributed by atoms with van der Waals surface area (Å²) in [5.74, 6) is 0. The molecule has 3 heteroatoms. The predicted molar refractivity (Wildman–Crippen MR) is 37.4 cm³/mol. The lowest BCUT2D eigenvalue weighted by Crippen LogP contribution is -2.38. The van der Waals surface area contributed by atoms with Crippen LogP contribution in [-0.2, 0) is 9.84 Å². The second-order valence-corrected chi connectivity index (χ2v) is 2.54. The molecular formula is C7H14NO2. The standard InChI is InChI=1S/C7H14NO2/c9-4-1-2-7-6-8-3-5-10-7/h7-8H,1-6H2. The van der Waals surface area contributed by atoms with Crippen molar-refractivity contribution in [2.24, 2.45) is 0 Å². The van der Waals surface area contributed by atoms with E-state index in [4.69, 9.17) is 4.74 Å². The largest absolute Gasteiger partial charge is 0.376 e. The van der Waals surface area contributed by atoms with Crippen molar-refractivity contribution in [3.8, 4) is 0 Å². The Morgan fingerprint density at radius 3 is 3.10 bits per heavy atom. The van der Waals surface area contributed by atoms with Gasteiger partial charge in [0.05, 0.1) is 19.3 Å². The molecule has 1 unspecified atom stereocenters. The van der Waals surface area contributed by atoms with E-state index in [0.717, 1.165) is 32.5 Å². The monoisotopic (exact) mass is 144 g/mol. The van der Waals surface area contributed by atoms with Crippen LogP contribution in [0.5, 0.6) is 0 Å². The number of ether oxygens (including phenoxy) is 1. The van der Waals surface area contributed by atoms with E-state index in [1.54, 1.807) is 0 Å². The Morgan fingerprint density at radius 2 is 2.50 bits per heavy atom. The molecular weight excluding hydrogens is 130 g/mol. The average Bonchev–Trinajstić information content (AvgIpc) is 2.03. The summed E-state index contributed by atoms with van der Waals surface area (Å²) < 4.78 is 5.38. The molecule has 1 heterocycles. The first-order valence-electron chi connectivity index (χ1n) is 3.84. The number of morpholine rings is 1. The SMILES string of the molecule is [O]CCCC1CNCCO1. The fourth-order valence-electron chi connectivity index (χ4n) is 1.12. The highest BCUT2D eigenvalue weighted by atomic mass is 16.5. The molecule has 1 aliphatic rings. The van der Waals surface area contributed by atoms with Crippen molar-refractivity contribution in [2.45, 2.75) is 18.9 Å². The summed E-state index contributed by atoms with van der Waals surface area (Å²) in [5.41, 5.74) is 0. The topological polar surface area (TPSA) is 41.2 Å². The van der Waals surface area contributed by atoms with Gasteiger partial charge in [-0.2, -0.15) is 0 Å². The molecule has 0 aromatic carbocycles. The summed E-state index contributed by atoms with van der Waals surface area (Å²) in [6.07, 6.45) is 1.95. The van der Waals surface area contributed by atoms with E-state index < -0.39 is 0 Å². The van der Waals surface area contributed by atoms with Gasteiger partial charge in [0.1, 0.15) is 0 Å². The van der Waals surface area contributed by atoms with Crippen molar-refractivity contribution in [1.82, 2.24) is 5.32 Å². The van der Waals surface area contributed by atoms with Gasteiger partial charge in [-0.1, -0.05) is 0 Å². The van der Waals surface area contributed by atoms with Crippen LogP contribution >= 0.6 is 0 Å². The lowest BCUT2D eigenvalue weighted by Gasteiger charge is -2.22. The molecule has 1 aliphatic heterocycles. The third kappa shape index (κ3) is 2.64. The zero-order valence-corrected chi connectivity index (χ0v) is 6.14. The van der Waals surface area contributed by atoms with Gasteiger partial charge in [0.25, 0.3) is 0 Å². The molecule has 59 valence electrons. The number of hydrogen-bond donors (Lipinski definition) is 1. The van der Waals surface area contributed by atoms with Crippen LogP contribution in [0.2, 0.25) is 0 Å². The Labute approximate surface area is 61.4 Å². The Hall–Kier alpha value is -0.120. The highest BCUT2D eigenvalue weighted by molar-refractivity contribution is 4.66. The van der Waals surface area contributed by atoms with Gasteiger partial charge in [-0.15, -0.1) is 0 Å². The molecule has 1 N–H and O–H groups in total. The van der Waals surface area contributed by atoms with Crippen LogP contribution in [-0.4, -0.2) is 32.4 Å². The molecule has 1 rings (SSSR count). The normalized spacial score (nSPS) is 26.7. The van der Waals surface area contributed by atoms with Gasteiger partial charge in [0.2, 0.25) is 0 Å². The van der Waals surface area contributed by atoms with Crippen LogP contribution in [0.4, 0.5) is 0 Å². The van der Waals surface area contributed by atoms with E-state index in [9.17, 15) is 5.11 Å². The van der Waals surface area contributed by atoms with Gasteiger partial charge < -0.3 is 10.1 Å². The maximum atomic E-state index is 10.1. The summed E-state index contributed by atoms with van der Waals surface area (Å²) >= 11 is 0. The molecule has 1 saturated heterocycles. The minimum Gasteiger partial charge on any atom is -0.376 e. The molecule has 1 radical (unpaired) electrons. The zero-order chi connectivity index (χ0) is 7.23. The molecule has 1 fully saturated rings. The average molecular weight is 144 g/mol. The first-order valence-corrected chi connectivity index (χ1v) is 3.84. The molecule has 0 aromatic heterocycles. The molecule has 0 saturated carbocycles. The molecule has 3 nitrogen and oxygen atoms in total. The van der Waals surface area contributed by atoms with Crippen molar-refractivity contribution < 1.29 is 9.84 Å². The van der Waals surface area contributed by atoms with Gasteiger partial charge in [-0.3, -0.25) is 0 Å². The summed E-state index contributed by atoms with van der Waals surface area (Å²) in [5, 5.41) is 13.3. The van der Waals surface area contributed by atoms with Crippen LogP contribution in [0.3, 0.4) is 0 Å². The highest BCUT2D eigenvalue weighted by Gasteiger charge is 2.11. The predicted octanol–water partition coefficient (Wildman–Crippen LogP) is 0.186. The summed E-state index contributed by atoms with van der Waals surface area (Å²) in [7, 11) is 0. The van der Waals surface area contributed by atoms with Crippen molar-refractivity contribution >= 4 is 0 Å². The Kier molecular flexibility index (Phi) is 3.72. The zero-order valence-electron chi connectivity index (χ0n) is 6.14. The number of nitrogens with one attached hydrogen (secondary N) is 1. The highest BCUT2D eigenvalue weighted by Crippen LogP contribution is 2.03. The Balaban J connectivity index is 2.02. The molecule has 0 spiro atoms. The first-order chi connectivity index (χ1) is 4.93. The second kappa shape index (κ2) is 4.66. The van der Waals surface area contributed by atoms with Gasteiger partial charge in [0, 0.05) is 13.1 Å². The van der Waals surface area contributed by atoms with Gasteiger partial charge in [-0.25, -0.2) is 5.11 Å². The molecule has 0 bridgehead atoms. The maximum absolute atomic E-state index is 10.1. The molecule has 0 aliphatic carbocycles. The smallest absolute Gasteiger partial charge is 0.0823 e. The minimum atomic E-state index is 0.0276. The van der Waals surface area contributed by atoms with Crippen molar-refractivity contribution in [1.29, 1.82) is 0 Å². The number of rotatable bonds is 3. The lowest BCUT2D eigenvalue weighted by molar-refractivity contribution is 0.0175. The van der Waals surface area contributed by atoms with Crippen molar-refractivity contribution in [3.05, 3.63) is 0 Å². The molecule has 0 aromatic rings. The first kappa shape index (κ1) is 7.98. The number of hydrogen-bond acceptors (Lipinski definition) is 2. The quantitative estimate of drug-likeness (QED) is 0.614. The maximum Gasteiger partial charge on any atom is 0.0823 e. The van der Waals surface area contributed by atoms with Crippen LogP contribution in [0.25, 0.3) is 0 Å². The minimum absolute atomic E-state index is 0.0276. The van der Waals surface area contributed by atoms with E-state index in [0.29, 0.717) is 6.10 Å². The van der Waals surface area contributed by atoms with E-state index in [-0.39, 0.29) is 6.61 Å². The van der Waals surface area contributed by atoms with E-state index >= 15 is 0 Å². The van der Waals surface area contributed by atoms with Crippen LogP contribution in [0, 0.1) is 0 Å². The van der Waals surface area contributed by atoms with Gasteiger partial charge >= 0.3 is 0 Å². The van der Waals surface area contributed by atoms with Gasteiger partial charge in [-0.05, 0) is 12.8 Å². The van der Waals surface area contributed by atoms with E-state index in [1.807, 2.05) is 0 Å². The fourth-order valence-corrected chi connectivity index (χ4v) is 1.12. The van der Waals surface area contributed by atoms with Crippen LogP contribution in [0.15, 0.2) is 0 Å². The molecule has 0 amide bonds. The molecule has 1 atom stereocenters. The van der Waals surface area contributed by atoms with E-state index in [1.165, 1.54) is 0 Å². The Morgan fingerprint density at radius 1 is 1.60 bits per heavy atom. The van der Waals surface area contributed by atoms with Crippen molar-refractivity contribution in [2.75, 3.05) is 26.3 Å². The third-order valence-electron chi connectivity index (χ3n) is 1.67. The van der Waals surface area contributed by atoms with E-state index in [2.05, 4.69) is 5.32 Å². The lowest BCUT2D eigenvalue weighted by atomic mass is 10.2. The fraction of sp³-hybridized carbons (Fsp3) is 1.00. The summed E-state index contributed by atoms with van der Waals surface area (Å²) in [6.45, 7) is 2.69. The summed E-state index contributed by atoms with van der Waals surface area (Å²) in [4.78, 5) is 0. The Bertz CT molecular complexity index is 81.7. The van der Waals surface area contributed by atoms with Crippen LogP contribution in [0.1, 0.15) is 12.8 Å². The summed E-state index contributed by atoms with van der Waals surface area (Å²) in [6, 6.07) is 0. The third-order valence-corrected chi connectivity index (χ3v) is 1.67. The van der Waals surface area contributed by atoms with Gasteiger partial charge in [0.15, 0.2) is 0 Å². The van der Waals surface area contributed by atoms with Crippen LogP contribution < -0.4 is 5.32 Å². The van der Waals surface area contributed by atoms with Crippen molar-refractivity contribution in [3.63, 3.8) is 0 Å². The second-order valence-electron chi connectivity index (χ2n) is 2.54.